The van der Waals surface area contributed by atoms with Crippen LogP contribution in [0.2, 0.25) is 0 Å². The van der Waals surface area contributed by atoms with Crippen LogP contribution in [0.1, 0.15) is 11.1 Å². The zero-order valence-electron chi connectivity index (χ0n) is 14.2. The maximum Gasteiger partial charge on any atom is 0.326 e. The lowest BCUT2D eigenvalue weighted by atomic mass is 10.1. The van der Waals surface area contributed by atoms with Crippen molar-refractivity contribution in [3.05, 3.63) is 69.4 Å². The van der Waals surface area contributed by atoms with E-state index in [1.54, 1.807) is 30.3 Å². The van der Waals surface area contributed by atoms with Crippen LogP contribution in [0.25, 0.3) is 6.08 Å². The molecule has 1 aliphatic rings. The molecule has 0 spiro atoms. The Balaban J connectivity index is 1.76. The van der Waals surface area contributed by atoms with E-state index in [-0.39, 0.29) is 18.0 Å². The normalized spacial score (nSPS) is 14.6. The number of amides is 3. The summed E-state index contributed by atoms with van der Waals surface area (Å²) in [5.41, 5.74) is 1.39. The fourth-order valence-electron chi connectivity index (χ4n) is 2.46. The first-order chi connectivity index (χ1) is 13.0. The van der Waals surface area contributed by atoms with Gasteiger partial charge in [-0.1, -0.05) is 18.2 Å². The number of nitro benzene ring substituents is 1. The van der Waals surface area contributed by atoms with Crippen molar-refractivity contribution in [3.63, 3.8) is 0 Å². The molecule has 1 heterocycles. The Labute approximate surface area is 153 Å². The number of nitro groups is 1. The number of carbonyl (C=O) groups is 2. The standard InChI is InChI=1S/C18H15N3O6/c1-26-16-9-11(8-14-17(22)20-18(23)19-14)5-6-15(16)27-10-12-3-2-4-13(7-12)21(24)25/h2-9H,10H2,1H3,(H2,19,20,22,23)/b14-8+. The Morgan fingerprint density at radius 2 is 1.93 bits per heavy atom. The van der Waals surface area contributed by atoms with Crippen molar-refractivity contribution < 1.29 is 24.0 Å². The van der Waals surface area contributed by atoms with Gasteiger partial charge in [0, 0.05) is 12.1 Å². The van der Waals surface area contributed by atoms with Gasteiger partial charge in [-0.25, -0.2) is 4.79 Å². The first-order valence-electron chi connectivity index (χ1n) is 7.84. The minimum atomic E-state index is -0.574. The molecule has 9 heteroatoms. The molecule has 0 saturated carbocycles. The van der Waals surface area contributed by atoms with Crippen LogP contribution in [-0.2, 0) is 11.4 Å². The van der Waals surface area contributed by atoms with Gasteiger partial charge in [0.2, 0.25) is 0 Å². The fourth-order valence-corrected chi connectivity index (χ4v) is 2.46. The predicted molar refractivity (Wildman–Crippen MR) is 95.1 cm³/mol. The molecule has 9 nitrogen and oxygen atoms in total. The van der Waals surface area contributed by atoms with Crippen LogP contribution in [0.4, 0.5) is 10.5 Å². The van der Waals surface area contributed by atoms with Crippen LogP contribution in [0, 0.1) is 10.1 Å². The van der Waals surface area contributed by atoms with Crippen molar-refractivity contribution in [1.29, 1.82) is 0 Å². The maximum atomic E-state index is 11.6. The molecule has 138 valence electrons. The van der Waals surface area contributed by atoms with Gasteiger partial charge in [-0.2, -0.15) is 0 Å². The van der Waals surface area contributed by atoms with Crippen LogP contribution in [-0.4, -0.2) is 24.0 Å². The molecule has 3 rings (SSSR count). The number of non-ortho nitro benzene ring substituents is 1. The molecule has 1 fully saturated rings. The van der Waals surface area contributed by atoms with Crippen molar-refractivity contribution in [1.82, 2.24) is 10.6 Å². The van der Waals surface area contributed by atoms with E-state index >= 15 is 0 Å². The van der Waals surface area contributed by atoms with Gasteiger partial charge in [0.25, 0.3) is 11.6 Å². The Hall–Kier alpha value is -3.88. The molecule has 0 aromatic heterocycles. The van der Waals surface area contributed by atoms with Gasteiger partial charge < -0.3 is 14.8 Å². The molecule has 2 aromatic rings. The van der Waals surface area contributed by atoms with Crippen molar-refractivity contribution >= 4 is 23.7 Å². The van der Waals surface area contributed by atoms with Gasteiger partial charge in [-0.3, -0.25) is 20.2 Å². The van der Waals surface area contributed by atoms with Gasteiger partial charge in [0.1, 0.15) is 12.3 Å². The zero-order valence-corrected chi connectivity index (χ0v) is 14.2. The zero-order chi connectivity index (χ0) is 19.4. The molecule has 2 N–H and O–H groups in total. The summed E-state index contributed by atoms with van der Waals surface area (Å²) in [6.07, 6.45) is 1.51. The summed E-state index contributed by atoms with van der Waals surface area (Å²) in [6.45, 7) is 0.122. The highest BCUT2D eigenvalue weighted by Crippen LogP contribution is 2.30. The number of nitrogens with one attached hydrogen (secondary N) is 2. The van der Waals surface area contributed by atoms with E-state index in [4.69, 9.17) is 9.47 Å². The molecule has 1 saturated heterocycles. The molecule has 0 atom stereocenters. The largest absolute Gasteiger partial charge is 0.493 e. The molecule has 0 aliphatic carbocycles. The van der Waals surface area contributed by atoms with E-state index in [0.717, 1.165) is 0 Å². The summed E-state index contributed by atoms with van der Waals surface area (Å²) in [4.78, 5) is 33.1. The molecule has 1 aliphatic heterocycles. The molecule has 3 amide bonds. The van der Waals surface area contributed by atoms with Crippen molar-refractivity contribution in [2.24, 2.45) is 0 Å². The average molecular weight is 369 g/mol. The molecule has 0 bridgehead atoms. The molecule has 27 heavy (non-hydrogen) atoms. The summed E-state index contributed by atoms with van der Waals surface area (Å²) in [5, 5.41) is 15.4. The summed E-state index contributed by atoms with van der Waals surface area (Å²) >= 11 is 0. The van der Waals surface area contributed by atoms with Crippen LogP contribution in [0.5, 0.6) is 11.5 Å². The van der Waals surface area contributed by atoms with Crippen LogP contribution >= 0.6 is 0 Å². The summed E-state index contributed by atoms with van der Waals surface area (Å²) in [5.74, 6) is 0.343. The number of imide groups is 1. The number of carbonyl (C=O) groups excluding carboxylic acids is 2. The SMILES string of the molecule is COc1cc(/C=C2/NC(=O)NC2=O)ccc1OCc1cccc([N+](=O)[O-])c1. The lowest BCUT2D eigenvalue weighted by Gasteiger charge is -2.11. The van der Waals surface area contributed by atoms with Gasteiger partial charge in [-0.05, 0) is 29.3 Å². The minimum Gasteiger partial charge on any atom is -0.493 e. The number of methoxy groups -OCH3 is 1. The third-order valence-electron chi connectivity index (χ3n) is 3.73. The minimum absolute atomic E-state index is 0.0121. The lowest BCUT2D eigenvalue weighted by Crippen LogP contribution is -2.22. The quantitative estimate of drug-likeness (QED) is 0.349. The second-order valence-corrected chi connectivity index (χ2v) is 5.59. The number of hydrogen-bond acceptors (Lipinski definition) is 6. The maximum absolute atomic E-state index is 11.6. The van der Waals surface area contributed by atoms with Crippen molar-refractivity contribution in [3.8, 4) is 11.5 Å². The monoisotopic (exact) mass is 369 g/mol. The second kappa shape index (κ2) is 7.56. The van der Waals surface area contributed by atoms with E-state index < -0.39 is 16.9 Å². The third kappa shape index (κ3) is 4.21. The van der Waals surface area contributed by atoms with Crippen LogP contribution < -0.4 is 20.1 Å². The number of nitrogens with zero attached hydrogens (tertiary/aromatic N) is 1. The Bertz CT molecular complexity index is 954. The number of ether oxygens (including phenoxy) is 2. The van der Waals surface area contributed by atoms with Crippen LogP contribution in [0.15, 0.2) is 48.2 Å². The first-order valence-corrected chi connectivity index (χ1v) is 7.84. The van der Waals surface area contributed by atoms with Gasteiger partial charge in [0.05, 0.1) is 12.0 Å². The first kappa shape index (κ1) is 17.9. The van der Waals surface area contributed by atoms with Gasteiger partial charge in [0.15, 0.2) is 11.5 Å². The molecular formula is C18H15N3O6. The van der Waals surface area contributed by atoms with Gasteiger partial charge in [-0.15, -0.1) is 0 Å². The highest BCUT2D eigenvalue weighted by Gasteiger charge is 2.22. The Morgan fingerprint density at radius 1 is 1.11 bits per heavy atom. The van der Waals surface area contributed by atoms with E-state index in [1.807, 2.05) is 0 Å². The van der Waals surface area contributed by atoms with Crippen molar-refractivity contribution in [2.75, 3.05) is 7.11 Å². The number of urea groups is 1. The second-order valence-electron chi connectivity index (χ2n) is 5.59. The van der Waals surface area contributed by atoms with E-state index in [2.05, 4.69) is 10.6 Å². The summed E-state index contributed by atoms with van der Waals surface area (Å²) in [7, 11) is 1.47. The molecule has 2 aromatic carbocycles. The Morgan fingerprint density at radius 3 is 2.59 bits per heavy atom. The third-order valence-corrected chi connectivity index (χ3v) is 3.73. The molecular weight excluding hydrogens is 354 g/mol. The average Bonchev–Trinajstić information content (AvgIpc) is 2.97. The van der Waals surface area contributed by atoms with Gasteiger partial charge >= 0.3 is 6.03 Å². The lowest BCUT2D eigenvalue weighted by molar-refractivity contribution is -0.384. The number of hydrogen-bond donors (Lipinski definition) is 2. The van der Waals surface area contributed by atoms with Crippen molar-refractivity contribution in [2.45, 2.75) is 6.61 Å². The molecule has 0 unspecified atom stereocenters. The summed E-state index contributed by atoms with van der Waals surface area (Å²) < 4.78 is 11.0. The van der Waals surface area contributed by atoms with E-state index in [1.165, 1.54) is 25.3 Å². The topological polar surface area (TPSA) is 120 Å². The molecule has 0 radical (unpaired) electrons. The number of benzene rings is 2. The predicted octanol–water partition coefficient (Wildman–Crippen LogP) is 2.36. The summed E-state index contributed by atoms with van der Waals surface area (Å²) in [6, 6.07) is 10.6. The fraction of sp³-hybridized carbons (Fsp3) is 0.111. The van der Waals surface area contributed by atoms with E-state index in [0.29, 0.717) is 22.6 Å². The van der Waals surface area contributed by atoms with E-state index in [9.17, 15) is 19.7 Å². The Kier molecular flexibility index (Phi) is 5.02. The smallest absolute Gasteiger partial charge is 0.326 e. The van der Waals surface area contributed by atoms with Crippen LogP contribution in [0.3, 0.4) is 0 Å². The highest BCUT2D eigenvalue weighted by molar-refractivity contribution is 6.14. The highest BCUT2D eigenvalue weighted by atomic mass is 16.6. The number of rotatable bonds is 6.